The van der Waals surface area contributed by atoms with Crippen molar-refractivity contribution in [1.29, 1.82) is 0 Å². The molecule has 0 saturated carbocycles. The lowest BCUT2D eigenvalue weighted by Gasteiger charge is -2.12. The second-order valence-electron chi connectivity index (χ2n) is 3.52. The van der Waals surface area contributed by atoms with E-state index in [1.165, 1.54) is 24.3 Å². The summed E-state index contributed by atoms with van der Waals surface area (Å²) < 4.78 is 51.7. The quantitative estimate of drug-likeness (QED) is 0.759. The van der Waals surface area contributed by atoms with Gasteiger partial charge in [0.25, 0.3) is 0 Å². The Labute approximate surface area is 105 Å². The third-order valence-corrected chi connectivity index (χ3v) is 2.53. The molecule has 0 spiro atoms. The van der Waals surface area contributed by atoms with Crippen LogP contribution in [0.5, 0.6) is 0 Å². The minimum atomic E-state index is -4.66. The number of alkyl halides is 4. The van der Waals surface area contributed by atoms with Gasteiger partial charge in [-0.25, -0.2) is 9.37 Å². The standard InChI is InChI=1S/C11H7ClF4N2/c12-7-2-1-3-8(4-7)18-9(5-13)6-17-10(18)11(14,15)16/h1-4,6H,5H2. The summed E-state index contributed by atoms with van der Waals surface area (Å²) in [6, 6.07) is 5.73. The summed E-state index contributed by atoms with van der Waals surface area (Å²) in [5, 5.41) is 0.263. The van der Waals surface area contributed by atoms with Gasteiger partial charge in [-0.05, 0) is 18.2 Å². The molecule has 0 amide bonds. The van der Waals surface area contributed by atoms with Crippen molar-refractivity contribution >= 4 is 11.6 Å². The number of halogens is 5. The Balaban J connectivity index is 2.65. The molecule has 0 aliphatic heterocycles. The SMILES string of the molecule is FCc1cnc(C(F)(F)F)n1-c1cccc(Cl)c1. The van der Waals surface area contributed by atoms with Gasteiger partial charge in [-0.3, -0.25) is 4.57 Å². The molecule has 1 aromatic carbocycles. The van der Waals surface area contributed by atoms with E-state index in [-0.39, 0.29) is 16.4 Å². The van der Waals surface area contributed by atoms with E-state index < -0.39 is 18.7 Å². The molecule has 7 heteroatoms. The van der Waals surface area contributed by atoms with Crippen LogP contribution in [0.4, 0.5) is 17.6 Å². The Morgan fingerprint density at radius 2 is 2.00 bits per heavy atom. The number of nitrogens with zero attached hydrogens (tertiary/aromatic N) is 2. The molecule has 2 aromatic rings. The average molecular weight is 279 g/mol. The van der Waals surface area contributed by atoms with Crippen LogP contribution in [-0.2, 0) is 12.9 Å². The van der Waals surface area contributed by atoms with Gasteiger partial charge in [-0.2, -0.15) is 13.2 Å². The Morgan fingerprint density at radius 3 is 2.56 bits per heavy atom. The van der Waals surface area contributed by atoms with Gasteiger partial charge in [0.05, 0.1) is 11.9 Å². The molecule has 1 heterocycles. The first-order chi connectivity index (χ1) is 8.43. The van der Waals surface area contributed by atoms with E-state index in [1.54, 1.807) is 0 Å². The first-order valence-electron chi connectivity index (χ1n) is 4.89. The molecular weight excluding hydrogens is 272 g/mol. The third kappa shape index (κ3) is 2.33. The Kier molecular flexibility index (Phi) is 3.30. The van der Waals surface area contributed by atoms with E-state index >= 15 is 0 Å². The van der Waals surface area contributed by atoms with Crippen molar-refractivity contribution in [3.05, 3.63) is 47.0 Å². The summed E-state index contributed by atoms with van der Waals surface area (Å²) in [6.45, 7) is -1.05. The number of imidazole rings is 1. The summed E-state index contributed by atoms with van der Waals surface area (Å²) in [5.74, 6) is -1.17. The maximum absolute atomic E-state index is 12.7. The highest BCUT2D eigenvalue weighted by atomic mass is 35.5. The summed E-state index contributed by atoms with van der Waals surface area (Å²) in [6.07, 6.45) is -3.79. The van der Waals surface area contributed by atoms with Crippen LogP contribution in [-0.4, -0.2) is 9.55 Å². The lowest BCUT2D eigenvalue weighted by atomic mass is 10.3. The third-order valence-electron chi connectivity index (χ3n) is 2.29. The van der Waals surface area contributed by atoms with E-state index in [0.29, 0.717) is 4.57 Å². The zero-order valence-corrected chi connectivity index (χ0v) is 9.63. The van der Waals surface area contributed by atoms with Crippen LogP contribution in [0.1, 0.15) is 11.5 Å². The predicted molar refractivity (Wildman–Crippen MR) is 58.4 cm³/mol. The number of rotatable bonds is 2. The van der Waals surface area contributed by atoms with Crippen molar-refractivity contribution in [3.63, 3.8) is 0 Å². The Morgan fingerprint density at radius 1 is 1.28 bits per heavy atom. The van der Waals surface area contributed by atoms with Gasteiger partial charge in [-0.15, -0.1) is 0 Å². The molecule has 2 rings (SSSR count). The van der Waals surface area contributed by atoms with Crippen molar-refractivity contribution in [1.82, 2.24) is 9.55 Å². The number of hydrogen-bond donors (Lipinski definition) is 0. The lowest BCUT2D eigenvalue weighted by Crippen LogP contribution is -2.15. The summed E-state index contributed by atoms with van der Waals surface area (Å²) in [7, 11) is 0. The molecule has 0 bridgehead atoms. The van der Waals surface area contributed by atoms with Crippen molar-refractivity contribution < 1.29 is 17.6 Å². The number of benzene rings is 1. The molecule has 2 nitrogen and oxygen atoms in total. The molecule has 18 heavy (non-hydrogen) atoms. The summed E-state index contributed by atoms with van der Waals surface area (Å²) >= 11 is 5.72. The van der Waals surface area contributed by atoms with E-state index in [1.807, 2.05) is 0 Å². The zero-order chi connectivity index (χ0) is 13.3. The smallest absolute Gasteiger partial charge is 0.290 e. The fourth-order valence-electron chi connectivity index (χ4n) is 1.58. The van der Waals surface area contributed by atoms with Gasteiger partial charge in [0.15, 0.2) is 0 Å². The topological polar surface area (TPSA) is 17.8 Å². The largest absolute Gasteiger partial charge is 0.450 e. The van der Waals surface area contributed by atoms with Gasteiger partial charge < -0.3 is 0 Å². The second kappa shape index (κ2) is 4.61. The fourth-order valence-corrected chi connectivity index (χ4v) is 1.77. The highest BCUT2D eigenvalue weighted by Gasteiger charge is 2.37. The Bertz CT molecular complexity index is 562. The monoisotopic (exact) mass is 278 g/mol. The van der Waals surface area contributed by atoms with E-state index in [9.17, 15) is 17.6 Å². The minimum absolute atomic E-state index is 0.125. The maximum Gasteiger partial charge on any atom is 0.450 e. The number of hydrogen-bond acceptors (Lipinski definition) is 1. The molecule has 0 aliphatic carbocycles. The van der Waals surface area contributed by atoms with Gasteiger partial charge in [0.1, 0.15) is 6.67 Å². The lowest BCUT2D eigenvalue weighted by molar-refractivity contribution is -0.146. The van der Waals surface area contributed by atoms with Crippen molar-refractivity contribution in [2.75, 3.05) is 0 Å². The molecule has 96 valence electrons. The molecule has 0 saturated heterocycles. The molecule has 0 fully saturated rings. The van der Waals surface area contributed by atoms with Crippen molar-refractivity contribution in [2.45, 2.75) is 12.9 Å². The van der Waals surface area contributed by atoms with Crippen LogP contribution in [0.25, 0.3) is 5.69 Å². The van der Waals surface area contributed by atoms with Crippen LogP contribution in [0, 0.1) is 0 Å². The normalized spacial score (nSPS) is 11.8. The first-order valence-corrected chi connectivity index (χ1v) is 5.27. The predicted octanol–water partition coefficient (Wildman–Crippen LogP) is 4.01. The van der Waals surface area contributed by atoms with E-state index in [0.717, 1.165) is 6.20 Å². The van der Waals surface area contributed by atoms with Gasteiger partial charge in [-0.1, -0.05) is 17.7 Å². The van der Waals surface area contributed by atoms with E-state index in [4.69, 9.17) is 11.6 Å². The van der Waals surface area contributed by atoms with Crippen molar-refractivity contribution in [3.8, 4) is 5.69 Å². The number of aromatic nitrogens is 2. The van der Waals surface area contributed by atoms with Gasteiger partial charge in [0, 0.05) is 10.7 Å². The molecule has 0 N–H and O–H groups in total. The molecular formula is C11H7ClF4N2. The van der Waals surface area contributed by atoms with Crippen LogP contribution in [0.2, 0.25) is 5.02 Å². The van der Waals surface area contributed by atoms with Gasteiger partial charge >= 0.3 is 6.18 Å². The highest BCUT2D eigenvalue weighted by molar-refractivity contribution is 6.30. The first kappa shape index (κ1) is 12.9. The zero-order valence-electron chi connectivity index (χ0n) is 8.88. The molecule has 0 unspecified atom stereocenters. The summed E-state index contributed by atoms with van der Waals surface area (Å²) in [5.41, 5.74) is -0.0513. The molecule has 0 aliphatic rings. The maximum atomic E-state index is 12.7. The summed E-state index contributed by atoms with van der Waals surface area (Å²) in [4.78, 5) is 3.22. The van der Waals surface area contributed by atoms with Crippen LogP contribution in [0.3, 0.4) is 0 Å². The second-order valence-corrected chi connectivity index (χ2v) is 3.96. The van der Waals surface area contributed by atoms with Gasteiger partial charge in [0.2, 0.25) is 5.82 Å². The Hall–Kier alpha value is -1.56. The van der Waals surface area contributed by atoms with Crippen molar-refractivity contribution in [2.24, 2.45) is 0 Å². The fraction of sp³-hybridized carbons (Fsp3) is 0.182. The molecule has 0 radical (unpaired) electrons. The van der Waals surface area contributed by atoms with Crippen LogP contribution >= 0.6 is 11.6 Å². The van der Waals surface area contributed by atoms with E-state index in [2.05, 4.69) is 4.98 Å². The highest BCUT2D eigenvalue weighted by Crippen LogP contribution is 2.31. The average Bonchev–Trinajstić information content (AvgIpc) is 2.72. The minimum Gasteiger partial charge on any atom is -0.290 e. The molecule has 1 aromatic heterocycles. The van der Waals surface area contributed by atoms with Crippen LogP contribution in [0.15, 0.2) is 30.5 Å². The van der Waals surface area contributed by atoms with Crippen LogP contribution < -0.4 is 0 Å². The molecule has 0 atom stereocenters.